The lowest BCUT2D eigenvalue weighted by atomic mass is 10.2. The van der Waals surface area contributed by atoms with Crippen molar-refractivity contribution in [3.8, 4) is 0 Å². The Labute approximate surface area is 122 Å². The second-order valence-electron chi connectivity index (χ2n) is 4.77. The molecule has 2 N–H and O–H groups in total. The molecule has 2 aromatic heterocycles. The number of benzene rings is 1. The van der Waals surface area contributed by atoms with E-state index in [1.54, 1.807) is 11.8 Å². The van der Waals surface area contributed by atoms with E-state index in [-0.39, 0.29) is 0 Å². The second-order valence-corrected chi connectivity index (χ2v) is 5.74. The van der Waals surface area contributed by atoms with E-state index in [9.17, 15) is 0 Å². The largest absolute Gasteiger partial charge is 0.325 e. The molecule has 0 atom stereocenters. The maximum absolute atomic E-state index is 5.88. The van der Waals surface area contributed by atoms with Crippen LogP contribution >= 0.6 is 11.8 Å². The SMILES string of the molecule is Cc1cccc(CSc2nc3ccccn3c2CN)c1. The highest BCUT2D eigenvalue weighted by Crippen LogP contribution is 2.26. The molecule has 0 fully saturated rings. The molecule has 0 saturated heterocycles. The molecule has 20 heavy (non-hydrogen) atoms. The number of rotatable bonds is 4. The minimum atomic E-state index is 0.501. The lowest BCUT2D eigenvalue weighted by Crippen LogP contribution is -2.01. The number of aromatic nitrogens is 2. The van der Waals surface area contributed by atoms with E-state index in [0.29, 0.717) is 6.54 Å². The van der Waals surface area contributed by atoms with Gasteiger partial charge in [-0.15, -0.1) is 0 Å². The summed E-state index contributed by atoms with van der Waals surface area (Å²) < 4.78 is 2.07. The maximum Gasteiger partial charge on any atom is 0.138 e. The van der Waals surface area contributed by atoms with Crippen molar-refractivity contribution in [1.29, 1.82) is 0 Å². The van der Waals surface area contributed by atoms with Crippen molar-refractivity contribution in [3.05, 3.63) is 65.5 Å². The molecule has 0 saturated carbocycles. The molecule has 3 nitrogen and oxygen atoms in total. The zero-order valence-electron chi connectivity index (χ0n) is 11.4. The molecule has 102 valence electrons. The molecule has 0 aliphatic carbocycles. The molecule has 3 aromatic rings. The summed E-state index contributed by atoms with van der Waals surface area (Å²) in [5, 5.41) is 1.03. The van der Waals surface area contributed by atoms with Crippen LogP contribution in [0, 0.1) is 6.92 Å². The van der Waals surface area contributed by atoms with E-state index < -0.39 is 0 Å². The molecular formula is C16H17N3S. The monoisotopic (exact) mass is 283 g/mol. The normalized spacial score (nSPS) is 11.1. The van der Waals surface area contributed by atoms with Crippen LogP contribution in [0.4, 0.5) is 0 Å². The van der Waals surface area contributed by atoms with Crippen LogP contribution in [0.1, 0.15) is 16.8 Å². The first-order valence-corrected chi connectivity index (χ1v) is 7.61. The molecule has 0 radical (unpaired) electrons. The molecular weight excluding hydrogens is 266 g/mol. The van der Waals surface area contributed by atoms with Gasteiger partial charge < -0.3 is 10.1 Å². The summed E-state index contributed by atoms with van der Waals surface area (Å²) in [4.78, 5) is 4.67. The number of hydrogen-bond donors (Lipinski definition) is 1. The second kappa shape index (κ2) is 5.69. The van der Waals surface area contributed by atoms with Gasteiger partial charge in [-0.3, -0.25) is 0 Å². The van der Waals surface area contributed by atoms with Gasteiger partial charge in [0.05, 0.1) is 5.69 Å². The molecule has 0 unspecified atom stereocenters. The number of thioether (sulfide) groups is 1. The van der Waals surface area contributed by atoms with Gasteiger partial charge in [0.25, 0.3) is 0 Å². The van der Waals surface area contributed by atoms with Crippen LogP contribution in [0.25, 0.3) is 5.65 Å². The minimum Gasteiger partial charge on any atom is -0.325 e. The summed E-state index contributed by atoms with van der Waals surface area (Å²) in [6, 6.07) is 14.6. The van der Waals surface area contributed by atoms with Gasteiger partial charge in [-0.05, 0) is 24.6 Å². The highest BCUT2D eigenvalue weighted by molar-refractivity contribution is 7.98. The van der Waals surface area contributed by atoms with Crippen molar-refractivity contribution in [1.82, 2.24) is 9.38 Å². The Kier molecular flexibility index (Phi) is 3.76. The zero-order valence-corrected chi connectivity index (χ0v) is 12.2. The van der Waals surface area contributed by atoms with E-state index in [0.717, 1.165) is 22.1 Å². The maximum atomic E-state index is 5.88. The van der Waals surface area contributed by atoms with Crippen LogP contribution in [-0.4, -0.2) is 9.38 Å². The fourth-order valence-corrected chi connectivity index (χ4v) is 3.27. The lowest BCUT2D eigenvalue weighted by Gasteiger charge is -2.03. The molecule has 3 rings (SSSR count). The van der Waals surface area contributed by atoms with E-state index in [1.165, 1.54) is 11.1 Å². The van der Waals surface area contributed by atoms with Gasteiger partial charge in [-0.1, -0.05) is 47.7 Å². The van der Waals surface area contributed by atoms with Gasteiger partial charge in [-0.2, -0.15) is 0 Å². The van der Waals surface area contributed by atoms with E-state index in [2.05, 4.69) is 40.6 Å². The van der Waals surface area contributed by atoms with Crippen LogP contribution in [0.15, 0.2) is 53.7 Å². The van der Waals surface area contributed by atoms with Crippen molar-refractivity contribution < 1.29 is 0 Å². The predicted octanol–water partition coefficient (Wildman–Crippen LogP) is 3.39. The standard InChI is InChI=1S/C16H17N3S/c1-12-5-4-6-13(9-12)11-20-16-14(10-17)19-8-3-2-7-15(19)18-16/h2-9H,10-11,17H2,1H3. The highest BCUT2D eigenvalue weighted by Gasteiger charge is 2.10. The van der Waals surface area contributed by atoms with E-state index >= 15 is 0 Å². The van der Waals surface area contributed by atoms with Gasteiger partial charge in [0.2, 0.25) is 0 Å². The Morgan fingerprint density at radius 3 is 2.90 bits per heavy atom. The van der Waals surface area contributed by atoms with Crippen molar-refractivity contribution in [3.63, 3.8) is 0 Å². The average Bonchev–Trinajstić information content (AvgIpc) is 2.82. The highest BCUT2D eigenvalue weighted by atomic mass is 32.2. The number of hydrogen-bond acceptors (Lipinski definition) is 3. The third-order valence-corrected chi connectivity index (χ3v) is 4.32. The van der Waals surface area contributed by atoms with E-state index in [1.807, 2.05) is 24.4 Å². The average molecular weight is 283 g/mol. The van der Waals surface area contributed by atoms with Crippen molar-refractivity contribution in [2.24, 2.45) is 5.73 Å². The first-order valence-electron chi connectivity index (χ1n) is 6.62. The first kappa shape index (κ1) is 13.2. The summed E-state index contributed by atoms with van der Waals surface area (Å²) in [5.74, 6) is 0.915. The van der Waals surface area contributed by atoms with Gasteiger partial charge in [0, 0.05) is 18.5 Å². The molecule has 0 bridgehead atoms. The summed E-state index contributed by atoms with van der Waals surface area (Å²) in [6.07, 6.45) is 2.02. The van der Waals surface area contributed by atoms with Crippen molar-refractivity contribution >= 4 is 17.4 Å². The van der Waals surface area contributed by atoms with Gasteiger partial charge in [-0.25, -0.2) is 4.98 Å². The smallest absolute Gasteiger partial charge is 0.138 e. The molecule has 0 aliphatic rings. The molecule has 0 amide bonds. The van der Waals surface area contributed by atoms with Gasteiger partial charge in [0.1, 0.15) is 10.7 Å². The third kappa shape index (κ3) is 2.57. The van der Waals surface area contributed by atoms with E-state index in [4.69, 9.17) is 5.73 Å². The Balaban J connectivity index is 1.87. The van der Waals surface area contributed by atoms with Crippen molar-refractivity contribution in [2.45, 2.75) is 24.2 Å². The van der Waals surface area contributed by atoms with Crippen LogP contribution in [0.5, 0.6) is 0 Å². The van der Waals surface area contributed by atoms with Crippen LogP contribution in [0.2, 0.25) is 0 Å². The molecule has 2 heterocycles. The van der Waals surface area contributed by atoms with Gasteiger partial charge in [0.15, 0.2) is 0 Å². The fraction of sp³-hybridized carbons (Fsp3) is 0.188. The molecule has 0 aliphatic heterocycles. The summed E-state index contributed by atoms with van der Waals surface area (Å²) in [5.41, 5.74) is 10.5. The molecule has 0 spiro atoms. The van der Waals surface area contributed by atoms with Crippen LogP contribution in [-0.2, 0) is 12.3 Å². The fourth-order valence-electron chi connectivity index (χ4n) is 2.28. The minimum absolute atomic E-state index is 0.501. The Bertz CT molecular complexity index is 733. The Morgan fingerprint density at radius 1 is 1.20 bits per heavy atom. The summed E-state index contributed by atoms with van der Waals surface area (Å²) in [7, 11) is 0. The van der Waals surface area contributed by atoms with Crippen LogP contribution < -0.4 is 5.73 Å². The third-order valence-electron chi connectivity index (χ3n) is 3.24. The number of nitrogens with two attached hydrogens (primary N) is 1. The summed E-state index contributed by atoms with van der Waals surface area (Å²) in [6.45, 7) is 2.62. The lowest BCUT2D eigenvalue weighted by molar-refractivity contribution is 0.921. The quantitative estimate of drug-likeness (QED) is 0.746. The van der Waals surface area contributed by atoms with Crippen LogP contribution in [0.3, 0.4) is 0 Å². The number of aryl methyl sites for hydroxylation is 1. The number of imidazole rings is 1. The number of pyridine rings is 1. The molecule has 4 heteroatoms. The zero-order chi connectivity index (χ0) is 13.9. The topological polar surface area (TPSA) is 43.3 Å². The molecule has 1 aromatic carbocycles. The Hall–Kier alpha value is -1.78. The van der Waals surface area contributed by atoms with Crippen molar-refractivity contribution in [2.75, 3.05) is 0 Å². The predicted molar refractivity (Wildman–Crippen MR) is 83.8 cm³/mol. The number of nitrogens with zero attached hydrogens (tertiary/aromatic N) is 2. The number of fused-ring (bicyclic) bond motifs is 1. The first-order chi connectivity index (χ1) is 9.78. The Morgan fingerprint density at radius 2 is 2.10 bits per heavy atom. The summed E-state index contributed by atoms with van der Waals surface area (Å²) >= 11 is 1.75. The van der Waals surface area contributed by atoms with Gasteiger partial charge >= 0.3 is 0 Å².